The molecule has 3 rings (SSSR count). The van der Waals surface area contributed by atoms with Gasteiger partial charge in [0.15, 0.2) is 0 Å². The van der Waals surface area contributed by atoms with Gasteiger partial charge in [-0.05, 0) is 56.7 Å². The van der Waals surface area contributed by atoms with Crippen molar-refractivity contribution in [1.29, 1.82) is 0 Å². The molecule has 1 aromatic rings. The first kappa shape index (κ1) is 21.3. The number of piperazine rings is 1. The minimum absolute atomic E-state index is 0.192. The van der Waals surface area contributed by atoms with E-state index in [9.17, 15) is 13.2 Å². The first-order chi connectivity index (χ1) is 13.3. The molecule has 1 aromatic carbocycles. The predicted octanol–water partition coefficient (Wildman–Crippen LogP) is 2.40. The van der Waals surface area contributed by atoms with E-state index in [1.807, 2.05) is 30.9 Å². The molecule has 6 nitrogen and oxygen atoms in total. The molecule has 1 atom stereocenters. The van der Waals surface area contributed by atoms with Crippen molar-refractivity contribution >= 4 is 15.9 Å². The number of hydrogen-bond donors (Lipinski definition) is 0. The largest absolute Gasteiger partial charge is 0.339 e. The summed E-state index contributed by atoms with van der Waals surface area (Å²) in [5, 5.41) is 0. The lowest BCUT2D eigenvalue weighted by atomic mass is 10.00. The van der Waals surface area contributed by atoms with Crippen molar-refractivity contribution in [2.24, 2.45) is 0 Å². The maximum atomic E-state index is 13.1. The van der Waals surface area contributed by atoms with Crippen LogP contribution in [0.1, 0.15) is 43.7 Å². The Morgan fingerprint density at radius 1 is 1.07 bits per heavy atom. The monoisotopic (exact) mass is 407 g/mol. The summed E-state index contributed by atoms with van der Waals surface area (Å²) in [6.07, 6.45) is 4.40. The molecule has 0 aromatic heterocycles. The van der Waals surface area contributed by atoms with Crippen LogP contribution in [-0.4, -0.2) is 73.7 Å². The molecule has 28 heavy (non-hydrogen) atoms. The summed E-state index contributed by atoms with van der Waals surface area (Å²) in [6.45, 7) is 9.21. The summed E-state index contributed by atoms with van der Waals surface area (Å²) in [5.41, 5.74) is 1.72. The topological polar surface area (TPSA) is 60.9 Å². The van der Waals surface area contributed by atoms with Gasteiger partial charge in [0.05, 0.1) is 11.4 Å². The van der Waals surface area contributed by atoms with Crippen molar-refractivity contribution in [3.63, 3.8) is 0 Å². The van der Waals surface area contributed by atoms with Crippen LogP contribution in [-0.2, 0) is 14.8 Å². The highest BCUT2D eigenvalue weighted by molar-refractivity contribution is 7.89. The third kappa shape index (κ3) is 4.58. The van der Waals surface area contributed by atoms with Gasteiger partial charge >= 0.3 is 0 Å². The molecule has 2 fully saturated rings. The first-order valence-electron chi connectivity index (χ1n) is 10.4. The van der Waals surface area contributed by atoms with Gasteiger partial charge in [0.2, 0.25) is 15.9 Å². The van der Waals surface area contributed by atoms with Gasteiger partial charge in [0.1, 0.15) is 0 Å². The number of sulfonamides is 1. The van der Waals surface area contributed by atoms with E-state index in [2.05, 4.69) is 11.8 Å². The highest BCUT2D eigenvalue weighted by atomic mass is 32.2. The fourth-order valence-corrected chi connectivity index (χ4v) is 6.02. The minimum atomic E-state index is -3.49. The summed E-state index contributed by atoms with van der Waals surface area (Å²) < 4.78 is 27.7. The Kier molecular flexibility index (Phi) is 6.78. The lowest BCUT2D eigenvalue weighted by Crippen LogP contribution is -2.53. The average Bonchev–Trinajstić information content (AvgIpc) is 2.70. The number of piperidine rings is 1. The summed E-state index contributed by atoms with van der Waals surface area (Å²) in [4.78, 5) is 17.3. The van der Waals surface area contributed by atoms with E-state index in [0.717, 1.165) is 36.9 Å². The summed E-state index contributed by atoms with van der Waals surface area (Å²) in [6, 6.07) is 5.91. The Morgan fingerprint density at radius 2 is 1.79 bits per heavy atom. The van der Waals surface area contributed by atoms with Crippen LogP contribution in [0.25, 0.3) is 0 Å². The van der Waals surface area contributed by atoms with Gasteiger partial charge in [0.25, 0.3) is 0 Å². The van der Waals surface area contributed by atoms with Crippen LogP contribution < -0.4 is 0 Å². The zero-order chi connectivity index (χ0) is 20.3. The van der Waals surface area contributed by atoms with Crippen LogP contribution in [0.2, 0.25) is 0 Å². The number of hydrogen-bond acceptors (Lipinski definition) is 4. The van der Waals surface area contributed by atoms with Crippen molar-refractivity contribution in [1.82, 2.24) is 14.1 Å². The van der Waals surface area contributed by atoms with Crippen molar-refractivity contribution in [2.45, 2.75) is 57.4 Å². The van der Waals surface area contributed by atoms with Gasteiger partial charge in [-0.1, -0.05) is 19.1 Å². The number of rotatable bonds is 5. The Hall–Kier alpha value is -1.44. The fourth-order valence-electron chi connectivity index (χ4n) is 4.29. The van der Waals surface area contributed by atoms with E-state index < -0.39 is 10.0 Å². The van der Waals surface area contributed by atoms with Crippen molar-refractivity contribution in [2.75, 3.05) is 39.3 Å². The zero-order valence-electron chi connectivity index (χ0n) is 17.4. The first-order valence-corrected chi connectivity index (χ1v) is 11.9. The highest BCUT2D eigenvalue weighted by Crippen LogP contribution is 2.23. The Morgan fingerprint density at radius 3 is 2.46 bits per heavy atom. The van der Waals surface area contributed by atoms with E-state index in [1.54, 1.807) is 10.4 Å². The van der Waals surface area contributed by atoms with Gasteiger partial charge in [-0.2, -0.15) is 4.31 Å². The third-order valence-corrected chi connectivity index (χ3v) is 8.11. The van der Waals surface area contributed by atoms with Gasteiger partial charge in [-0.15, -0.1) is 0 Å². The lowest BCUT2D eigenvalue weighted by molar-refractivity contribution is -0.136. The SMILES string of the molecule is CCC1CCCCN1C(=O)CN1CCN(S(=O)(=O)c2cc(C)ccc2C)CC1. The Labute approximate surface area is 169 Å². The molecule has 0 N–H and O–H groups in total. The fraction of sp³-hybridized carbons (Fsp3) is 0.667. The number of carbonyl (C=O) groups is 1. The van der Waals surface area contributed by atoms with Crippen molar-refractivity contribution < 1.29 is 13.2 Å². The maximum Gasteiger partial charge on any atom is 0.243 e. The average molecular weight is 408 g/mol. The molecule has 0 bridgehead atoms. The quantitative estimate of drug-likeness (QED) is 0.752. The predicted molar refractivity (Wildman–Crippen MR) is 111 cm³/mol. The number of benzene rings is 1. The second-order valence-corrected chi connectivity index (χ2v) is 10.0. The molecule has 0 saturated carbocycles. The molecule has 0 aliphatic carbocycles. The molecule has 1 unspecified atom stereocenters. The summed E-state index contributed by atoms with van der Waals surface area (Å²) in [5.74, 6) is 0.192. The van der Waals surface area contributed by atoms with Crippen LogP contribution in [0.4, 0.5) is 0 Å². The highest BCUT2D eigenvalue weighted by Gasteiger charge is 2.32. The normalized spacial score (nSPS) is 22.4. The Balaban J connectivity index is 1.59. The molecule has 156 valence electrons. The second-order valence-electron chi connectivity index (χ2n) is 8.09. The number of likely N-dealkylation sites (tertiary alicyclic amines) is 1. The van der Waals surface area contributed by atoms with Crippen LogP contribution in [0.15, 0.2) is 23.1 Å². The summed E-state index contributed by atoms with van der Waals surface area (Å²) in [7, 11) is -3.49. The molecule has 2 aliphatic rings. The maximum absolute atomic E-state index is 13.1. The van der Waals surface area contributed by atoms with E-state index in [4.69, 9.17) is 0 Å². The van der Waals surface area contributed by atoms with E-state index in [1.165, 1.54) is 6.42 Å². The van der Waals surface area contributed by atoms with Gasteiger partial charge in [0, 0.05) is 38.8 Å². The summed E-state index contributed by atoms with van der Waals surface area (Å²) >= 11 is 0. The molecule has 2 aliphatic heterocycles. The van der Waals surface area contributed by atoms with Crippen LogP contribution in [0.5, 0.6) is 0 Å². The molecule has 1 amide bonds. The smallest absolute Gasteiger partial charge is 0.243 e. The zero-order valence-corrected chi connectivity index (χ0v) is 18.2. The molecule has 2 saturated heterocycles. The Bertz CT molecular complexity index is 801. The molecule has 0 spiro atoms. The van der Waals surface area contributed by atoms with E-state index in [0.29, 0.717) is 43.7 Å². The molecule has 7 heteroatoms. The van der Waals surface area contributed by atoms with Gasteiger partial charge in [-0.25, -0.2) is 8.42 Å². The van der Waals surface area contributed by atoms with Crippen LogP contribution in [0, 0.1) is 13.8 Å². The van der Waals surface area contributed by atoms with Crippen molar-refractivity contribution in [3.8, 4) is 0 Å². The standard InChI is InChI=1S/C21H33N3O3S/c1-4-19-7-5-6-10-24(19)21(25)16-22-11-13-23(14-12-22)28(26,27)20-15-17(2)8-9-18(20)3/h8-9,15,19H,4-7,10-14,16H2,1-3H3. The van der Waals surface area contributed by atoms with Crippen LogP contribution >= 0.6 is 0 Å². The number of aryl methyl sites for hydroxylation is 2. The van der Waals surface area contributed by atoms with E-state index >= 15 is 0 Å². The third-order valence-electron chi connectivity index (χ3n) is 6.07. The second kappa shape index (κ2) is 8.93. The number of carbonyl (C=O) groups excluding carboxylic acids is 1. The molecule has 0 radical (unpaired) electrons. The number of nitrogens with zero attached hydrogens (tertiary/aromatic N) is 3. The van der Waals surface area contributed by atoms with E-state index in [-0.39, 0.29) is 5.91 Å². The number of amides is 1. The van der Waals surface area contributed by atoms with Gasteiger partial charge in [-0.3, -0.25) is 9.69 Å². The molecule has 2 heterocycles. The van der Waals surface area contributed by atoms with Crippen LogP contribution in [0.3, 0.4) is 0 Å². The van der Waals surface area contributed by atoms with Gasteiger partial charge < -0.3 is 4.90 Å². The van der Waals surface area contributed by atoms with Crippen molar-refractivity contribution in [3.05, 3.63) is 29.3 Å². The molecular formula is C21H33N3O3S. The molecular weight excluding hydrogens is 374 g/mol. The minimum Gasteiger partial charge on any atom is -0.339 e. The lowest BCUT2D eigenvalue weighted by Gasteiger charge is -2.38.